The minimum Gasteiger partial charge on any atom is -0.460 e. The Morgan fingerprint density at radius 1 is 1.29 bits per heavy atom. The number of rotatable bonds is 4. The summed E-state index contributed by atoms with van der Waals surface area (Å²) in [5, 5.41) is 5.29. The average molecular weight is 504 g/mol. The maximum absolute atomic E-state index is 15.0. The molecule has 4 nitrogen and oxygen atoms in total. The van der Waals surface area contributed by atoms with E-state index < -0.39 is 17.7 Å². The van der Waals surface area contributed by atoms with Crippen molar-refractivity contribution in [3.05, 3.63) is 79.0 Å². The molecule has 162 valence electrons. The zero-order valence-electron chi connectivity index (χ0n) is 17.5. The summed E-state index contributed by atoms with van der Waals surface area (Å²) in [6, 6.07) is 8.62. The van der Waals surface area contributed by atoms with E-state index in [4.69, 9.17) is 4.74 Å². The van der Waals surface area contributed by atoms with Gasteiger partial charge in [-0.1, -0.05) is 22.0 Å². The van der Waals surface area contributed by atoms with Gasteiger partial charge in [0.2, 0.25) is 0 Å². The van der Waals surface area contributed by atoms with Crippen LogP contribution in [0.25, 0.3) is 0 Å². The van der Waals surface area contributed by atoms with E-state index in [9.17, 15) is 9.59 Å². The molecule has 4 rings (SSSR count). The lowest BCUT2D eigenvalue weighted by molar-refractivity contribution is -0.143. The Balaban J connectivity index is 1.85. The Kier molecular flexibility index (Phi) is 6.17. The van der Waals surface area contributed by atoms with Crippen LogP contribution in [0, 0.1) is 5.82 Å². The predicted octanol–water partition coefficient (Wildman–Crippen LogP) is 5.96. The molecule has 0 saturated carbocycles. The van der Waals surface area contributed by atoms with Crippen molar-refractivity contribution >= 4 is 39.0 Å². The molecule has 7 heteroatoms. The molecule has 0 radical (unpaired) electrons. The van der Waals surface area contributed by atoms with E-state index in [1.54, 1.807) is 44.2 Å². The molecule has 2 unspecified atom stereocenters. The standard InChI is InChI=1S/C24H23BrFNO3S/c1-12(2)30-24(29)21-13(3)27-18-9-14(20-5-4-8-31-20)10-19(28)23(18)22(21)16-11-15(25)6-7-17(16)26/h4-8,11-12,14,22,27H,9-10H2,1-3H3. The van der Waals surface area contributed by atoms with Crippen LogP contribution in [0.15, 0.2) is 62.7 Å². The van der Waals surface area contributed by atoms with Crippen LogP contribution in [-0.2, 0) is 14.3 Å². The molecule has 2 heterocycles. The minimum atomic E-state index is -0.809. The quantitative estimate of drug-likeness (QED) is 0.522. The first kappa shape index (κ1) is 22.0. The number of nitrogens with one attached hydrogen (secondary N) is 1. The van der Waals surface area contributed by atoms with Crippen LogP contribution in [-0.4, -0.2) is 17.9 Å². The molecule has 0 spiro atoms. The van der Waals surface area contributed by atoms with Crippen molar-refractivity contribution in [1.82, 2.24) is 5.32 Å². The van der Waals surface area contributed by atoms with Crippen molar-refractivity contribution in [1.29, 1.82) is 0 Å². The third kappa shape index (κ3) is 4.26. The molecule has 0 saturated heterocycles. The van der Waals surface area contributed by atoms with E-state index in [0.717, 1.165) is 10.6 Å². The first-order valence-corrected chi connectivity index (χ1v) is 11.9. The molecule has 31 heavy (non-hydrogen) atoms. The highest BCUT2D eigenvalue weighted by Gasteiger charge is 2.42. The number of hydrogen-bond donors (Lipinski definition) is 1. The van der Waals surface area contributed by atoms with Crippen molar-refractivity contribution in [3.63, 3.8) is 0 Å². The summed E-state index contributed by atoms with van der Waals surface area (Å²) in [4.78, 5) is 27.6. The van der Waals surface area contributed by atoms with Crippen LogP contribution in [0.5, 0.6) is 0 Å². The SMILES string of the molecule is CC1=C(C(=O)OC(C)C)C(c2cc(Br)ccc2F)C2=C(CC(c3cccs3)CC2=O)N1. The molecule has 0 fully saturated rings. The van der Waals surface area contributed by atoms with Gasteiger partial charge < -0.3 is 10.1 Å². The Labute approximate surface area is 193 Å². The molecule has 1 N–H and O–H groups in total. The first-order valence-electron chi connectivity index (χ1n) is 10.2. The third-order valence-corrected chi connectivity index (χ3v) is 7.13. The van der Waals surface area contributed by atoms with Crippen LogP contribution in [0.3, 0.4) is 0 Å². The number of esters is 1. The summed E-state index contributed by atoms with van der Waals surface area (Å²) >= 11 is 5.03. The zero-order valence-corrected chi connectivity index (χ0v) is 19.9. The third-order valence-electron chi connectivity index (χ3n) is 5.60. The molecule has 0 amide bonds. The van der Waals surface area contributed by atoms with Gasteiger partial charge >= 0.3 is 5.97 Å². The number of hydrogen-bond acceptors (Lipinski definition) is 5. The molecule has 2 atom stereocenters. The highest BCUT2D eigenvalue weighted by atomic mass is 79.9. The van der Waals surface area contributed by atoms with Crippen LogP contribution in [0.4, 0.5) is 4.39 Å². The summed E-state index contributed by atoms with van der Waals surface area (Å²) in [6.45, 7) is 5.31. The fourth-order valence-electron chi connectivity index (χ4n) is 4.36. The fourth-order valence-corrected chi connectivity index (χ4v) is 5.57. The van der Waals surface area contributed by atoms with E-state index >= 15 is 4.39 Å². The van der Waals surface area contributed by atoms with Crippen LogP contribution in [0.1, 0.15) is 55.9 Å². The Morgan fingerprint density at radius 2 is 2.06 bits per heavy atom. The molecular weight excluding hydrogens is 481 g/mol. The van der Waals surface area contributed by atoms with Gasteiger partial charge in [0.15, 0.2) is 5.78 Å². The smallest absolute Gasteiger partial charge is 0.337 e. The topological polar surface area (TPSA) is 55.4 Å². The summed E-state index contributed by atoms with van der Waals surface area (Å²) in [5.41, 5.74) is 2.39. The number of dihydropyridines is 1. The second kappa shape index (κ2) is 8.71. The van der Waals surface area contributed by atoms with Crippen molar-refractivity contribution in [3.8, 4) is 0 Å². The monoisotopic (exact) mass is 503 g/mol. The van der Waals surface area contributed by atoms with Gasteiger partial charge in [0.25, 0.3) is 0 Å². The van der Waals surface area contributed by atoms with Crippen molar-refractivity contribution in [2.45, 2.75) is 51.6 Å². The number of ether oxygens (including phenoxy) is 1. The van der Waals surface area contributed by atoms with E-state index in [2.05, 4.69) is 21.2 Å². The number of ketones is 1. The van der Waals surface area contributed by atoms with Crippen molar-refractivity contribution < 1.29 is 18.7 Å². The number of benzene rings is 1. The molecule has 2 aromatic rings. The van der Waals surface area contributed by atoms with Gasteiger partial charge in [0.05, 0.1) is 17.6 Å². The first-order chi connectivity index (χ1) is 14.8. The van der Waals surface area contributed by atoms with Crippen LogP contribution in [0.2, 0.25) is 0 Å². The molecular formula is C24H23BrFNO3S. The molecule has 1 aliphatic carbocycles. The van der Waals surface area contributed by atoms with Gasteiger partial charge in [0.1, 0.15) is 5.82 Å². The number of carbonyl (C=O) groups is 2. The lowest BCUT2D eigenvalue weighted by Gasteiger charge is -2.36. The lowest BCUT2D eigenvalue weighted by atomic mass is 9.72. The molecule has 2 aliphatic rings. The zero-order chi connectivity index (χ0) is 22.3. The van der Waals surface area contributed by atoms with Gasteiger partial charge in [-0.15, -0.1) is 11.3 Å². The Hall–Kier alpha value is -2.25. The maximum atomic E-state index is 15.0. The van der Waals surface area contributed by atoms with Gasteiger partial charge in [-0.2, -0.15) is 0 Å². The fraction of sp³-hybridized carbons (Fsp3) is 0.333. The van der Waals surface area contributed by atoms with E-state index in [0.29, 0.717) is 34.1 Å². The summed E-state index contributed by atoms with van der Waals surface area (Å²) in [7, 11) is 0. The maximum Gasteiger partial charge on any atom is 0.337 e. The number of allylic oxidation sites excluding steroid dienone is 3. The average Bonchev–Trinajstić information content (AvgIpc) is 3.23. The minimum absolute atomic E-state index is 0.0705. The summed E-state index contributed by atoms with van der Waals surface area (Å²) < 4.78 is 21.2. The molecule has 1 aromatic heterocycles. The number of Topliss-reactive ketones (excluding diaryl/α,β-unsaturated/α-hetero) is 1. The molecule has 1 aromatic carbocycles. The van der Waals surface area contributed by atoms with Gasteiger partial charge in [0, 0.05) is 44.2 Å². The number of carbonyl (C=O) groups excluding carboxylic acids is 2. The summed E-state index contributed by atoms with van der Waals surface area (Å²) in [6.07, 6.45) is 0.637. The summed E-state index contributed by atoms with van der Waals surface area (Å²) in [5.74, 6) is -1.80. The van der Waals surface area contributed by atoms with E-state index in [-0.39, 0.29) is 23.4 Å². The Bertz CT molecular complexity index is 1100. The molecule has 0 bridgehead atoms. The van der Waals surface area contributed by atoms with Crippen molar-refractivity contribution in [2.24, 2.45) is 0 Å². The normalized spacial score (nSPS) is 21.3. The number of thiophene rings is 1. The van der Waals surface area contributed by atoms with Gasteiger partial charge in [-0.25, -0.2) is 9.18 Å². The second-order valence-corrected chi connectivity index (χ2v) is 10.0. The van der Waals surface area contributed by atoms with Crippen LogP contribution >= 0.6 is 27.3 Å². The highest BCUT2D eigenvalue weighted by molar-refractivity contribution is 9.10. The highest BCUT2D eigenvalue weighted by Crippen LogP contribution is 2.47. The Morgan fingerprint density at radius 3 is 2.74 bits per heavy atom. The second-order valence-electron chi connectivity index (χ2n) is 8.15. The van der Waals surface area contributed by atoms with Crippen molar-refractivity contribution in [2.75, 3.05) is 0 Å². The lowest BCUT2D eigenvalue weighted by Crippen LogP contribution is -2.36. The van der Waals surface area contributed by atoms with Crippen LogP contribution < -0.4 is 5.32 Å². The molecule has 1 aliphatic heterocycles. The number of halogens is 2. The van der Waals surface area contributed by atoms with Gasteiger partial charge in [-0.05, 0) is 56.8 Å². The largest absolute Gasteiger partial charge is 0.460 e. The van der Waals surface area contributed by atoms with E-state index in [1.165, 1.54) is 6.07 Å². The van der Waals surface area contributed by atoms with Gasteiger partial charge in [-0.3, -0.25) is 4.79 Å². The predicted molar refractivity (Wildman–Crippen MR) is 122 cm³/mol. The van der Waals surface area contributed by atoms with E-state index in [1.807, 2.05) is 17.5 Å².